The van der Waals surface area contributed by atoms with Gasteiger partial charge in [-0.1, -0.05) is 6.42 Å². The number of rotatable bonds is 2. The molecule has 0 radical (unpaired) electrons. The Morgan fingerprint density at radius 1 is 1.25 bits per heavy atom. The SMILES string of the molecule is C1CCN(CC2CC3(CCNC3)CO2)CC1. The van der Waals surface area contributed by atoms with Crippen molar-refractivity contribution in [1.82, 2.24) is 10.2 Å². The third kappa shape index (κ3) is 2.27. The molecule has 3 heterocycles. The van der Waals surface area contributed by atoms with Crippen molar-refractivity contribution in [3.05, 3.63) is 0 Å². The molecule has 3 nitrogen and oxygen atoms in total. The number of hydrogen-bond acceptors (Lipinski definition) is 3. The van der Waals surface area contributed by atoms with E-state index in [2.05, 4.69) is 10.2 Å². The first-order chi connectivity index (χ1) is 7.86. The van der Waals surface area contributed by atoms with E-state index >= 15 is 0 Å². The van der Waals surface area contributed by atoms with Crippen LogP contribution in [0.3, 0.4) is 0 Å². The van der Waals surface area contributed by atoms with Gasteiger partial charge in [-0.05, 0) is 45.3 Å². The lowest BCUT2D eigenvalue weighted by atomic mass is 9.84. The van der Waals surface area contributed by atoms with Crippen molar-refractivity contribution >= 4 is 0 Å². The second kappa shape index (κ2) is 4.63. The zero-order valence-corrected chi connectivity index (χ0v) is 10.2. The molecule has 16 heavy (non-hydrogen) atoms. The van der Waals surface area contributed by atoms with E-state index in [0.717, 1.165) is 6.61 Å². The fourth-order valence-electron chi connectivity index (χ4n) is 3.54. The molecule has 3 heteroatoms. The number of nitrogens with zero attached hydrogens (tertiary/aromatic N) is 1. The second-order valence-corrected chi connectivity index (χ2v) is 5.93. The van der Waals surface area contributed by atoms with Gasteiger partial charge in [0.15, 0.2) is 0 Å². The number of nitrogens with one attached hydrogen (secondary N) is 1. The maximum Gasteiger partial charge on any atom is 0.0708 e. The van der Waals surface area contributed by atoms with Crippen molar-refractivity contribution < 1.29 is 4.74 Å². The highest BCUT2D eigenvalue weighted by Gasteiger charge is 2.42. The monoisotopic (exact) mass is 224 g/mol. The van der Waals surface area contributed by atoms with E-state index < -0.39 is 0 Å². The van der Waals surface area contributed by atoms with E-state index in [0.29, 0.717) is 11.5 Å². The van der Waals surface area contributed by atoms with Crippen molar-refractivity contribution in [2.75, 3.05) is 39.3 Å². The number of ether oxygens (including phenoxy) is 1. The Morgan fingerprint density at radius 2 is 2.12 bits per heavy atom. The normalized spacial score (nSPS) is 40.9. The quantitative estimate of drug-likeness (QED) is 0.764. The van der Waals surface area contributed by atoms with Crippen LogP contribution >= 0.6 is 0 Å². The van der Waals surface area contributed by atoms with Gasteiger partial charge in [0.2, 0.25) is 0 Å². The molecule has 3 fully saturated rings. The van der Waals surface area contributed by atoms with Crippen molar-refractivity contribution in [3.63, 3.8) is 0 Å². The molecule has 0 bridgehead atoms. The van der Waals surface area contributed by atoms with Gasteiger partial charge < -0.3 is 15.0 Å². The van der Waals surface area contributed by atoms with Crippen LogP contribution in [0.5, 0.6) is 0 Å². The Labute approximate surface area is 98.5 Å². The molecule has 3 aliphatic heterocycles. The smallest absolute Gasteiger partial charge is 0.0708 e. The fourth-order valence-corrected chi connectivity index (χ4v) is 3.54. The molecule has 2 unspecified atom stereocenters. The minimum Gasteiger partial charge on any atom is -0.376 e. The molecule has 0 aliphatic carbocycles. The Balaban J connectivity index is 1.49. The molecule has 3 aliphatic rings. The fraction of sp³-hybridized carbons (Fsp3) is 1.00. The molecular weight excluding hydrogens is 200 g/mol. The van der Waals surface area contributed by atoms with Crippen LogP contribution in [0.4, 0.5) is 0 Å². The van der Waals surface area contributed by atoms with Crippen LogP contribution in [-0.4, -0.2) is 50.3 Å². The molecule has 0 amide bonds. The standard InChI is InChI=1S/C13H24N2O/c1-2-6-15(7-3-1)9-12-8-13(11-16-12)4-5-14-10-13/h12,14H,1-11H2. The van der Waals surface area contributed by atoms with Gasteiger partial charge in [0.05, 0.1) is 12.7 Å². The summed E-state index contributed by atoms with van der Waals surface area (Å²) in [4.78, 5) is 2.61. The highest BCUT2D eigenvalue weighted by atomic mass is 16.5. The maximum atomic E-state index is 6.01. The average molecular weight is 224 g/mol. The van der Waals surface area contributed by atoms with Crippen molar-refractivity contribution in [1.29, 1.82) is 0 Å². The van der Waals surface area contributed by atoms with Gasteiger partial charge >= 0.3 is 0 Å². The molecule has 3 rings (SSSR count). The van der Waals surface area contributed by atoms with E-state index in [1.54, 1.807) is 0 Å². The van der Waals surface area contributed by atoms with Crippen molar-refractivity contribution in [3.8, 4) is 0 Å². The average Bonchev–Trinajstić information content (AvgIpc) is 2.92. The summed E-state index contributed by atoms with van der Waals surface area (Å²) >= 11 is 0. The van der Waals surface area contributed by atoms with Crippen molar-refractivity contribution in [2.24, 2.45) is 5.41 Å². The largest absolute Gasteiger partial charge is 0.376 e. The number of likely N-dealkylation sites (tertiary alicyclic amines) is 1. The van der Waals surface area contributed by atoms with Crippen LogP contribution in [0.25, 0.3) is 0 Å². The number of piperidine rings is 1. The Hall–Kier alpha value is -0.120. The van der Waals surface area contributed by atoms with Gasteiger partial charge in [-0.3, -0.25) is 0 Å². The van der Waals surface area contributed by atoms with Gasteiger partial charge in [-0.15, -0.1) is 0 Å². The third-order valence-electron chi connectivity index (χ3n) is 4.53. The molecule has 1 N–H and O–H groups in total. The molecule has 0 saturated carbocycles. The zero-order valence-electron chi connectivity index (χ0n) is 10.2. The summed E-state index contributed by atoms with van der Waals surface area (Å²) < 4.78 is 6.01. The molecule has 2 atom stereocenters. The first kappa shape index (κ1) is 11.0. The van der Waals surface area contributed by atoms with Crippen molar-refractivity contribution in [2.45, 2.75) is 38.2 Å². The zero-order chi connectivity index (χ0) is 10.8. The first-order valence-corrected chi connectivity index (χ1v) is 6.91. The van der Waals surface area contributed by atoms with E-state index in [1.165, 1.54) is 64.8 Å². The summed E-state index contributed by atoms with van der Waals surface area (Å²) in [5.74, 6) is 0. The maximum absolute atomic E-state index is 6.01. The lowest BCUT2D eigenvalue weighted by molar-refractivity contribution is 0.0609. The molecule has 0 aromatic rings. The van der Waals surface area contributed by atoms with E-state index in [4.69, 9.17) is 4.74 Å². The molecule has 3 saturated heterocycles. The topological polar surface area (TPSA) is 24.5 Å². The third-order valence-corrected chi connectivity index (χ3v) is 4.53. The summed E-state index contributed by atoms with van der Waals surface area (Å²) in [7, 11) is 0. The second-order valence-electron chi connectivity index (χ2n) is 5.93. The van der Waals surface area contributed by atoms with Crippen LogP contribution < -0.4 is 5.32 Å². The predicted octanol–water partition coefficient (Wildman–Crippen LogP) is 1.24. The summed E-state index contributed by atoms with van der Waals surface area (Å²) in [5, 5.41) is 3.49. The van der Waals surface area contributed by atoms with E-state index in [1.807, 2.05) is 0 Å². The van der Waals surface area contributed by atoms with Gasteiger partial charge in [-0.2, -0.15) is 0 Å². The van der Waals surface area contributed by atoms with E-state index in [-0.39, 0.29) is 0 Å². The van der Waals surface area contributed by atoms with Crippen LogP contribution in [0.1, 0.15) is 32.1 Å². The first-order valence-electron chi connectivity index (χ1n) is 6.91. The Bertz CT molecular complexity index is 232. The highest BCUT2D eigenvalue weighted by Crippen LogP contribution is 2.38. The van der Waals surface area contributed by atoms with E-state index in [9.17, 15) is 0 Å². The van der Waals surface area contributed by atoms with Crippen LogP contribution in [0.15, 0.2) is 0 Å². The Kier molecular flexibility index (Phi) is 3.18. The van der Waals surface area contributed by atoms with Gasteiger partial charge in [-0.25, -0.2) is 0 Å². The molecule has 92 valence electrons. The van der Waals surface area contributed by atoms with Gasteiger partial charge in [0, 0.05) is 18.5 Å². The minimum atomic E-state index is 0.500. The molecule has 0 aromatic carbocycles. The summed E-state index contributed by atoms with van der Waals surface area (Å²) in [6.07, 6.45) is 7.33. The Morgan fingerprint density at radius 3 is 2.88 bits per heavy atom. The van der Waals surface area contributed by atoms with Gasteiger partial charge in [0.25, 0.3) is 0 Å². The number of hydrogen-bond donors (Lipinski definition) is 1. The summed E-state index contributed by atoms with van der Waals surface area (Å²) in [6, 6.07) is 0. The molecule has 1 spiro atoms. The minimum absolute atomic E-state index is 0.500. The van der Waals surface area contributed by atoms with Crippen LogP contribution in [0, 0.1) is 5.41 Å². The summed E-state index contributed by atoms with van der Waals surface area (Å²) in [5.41, 5.74) is 0.500. The molecule has 0 aromatic heterocycles. The lowest BCUT2D eigenvalue weighted by Crippen LogP contribution is -2.36. The van der Waals surface area contributed by atoms with Crippen LogP contribution in [-0.2, 0) is 4.74 Å². The van der Waals surface area contributed by atoms with Gasteiger partial charge in [0.1, 0.15) is 0 Å². The molecular formula is C13H24N2O. The highest BCUT2D eigenvalue weighted by molar-refractivity contribution is 4.94. The van der Waals surface area contributed by atoms with Crippen LogP contribution in [0.2, 0.25) is 0 Å². The summed E-state index contributed by atoms with van der Waals surface area (Å²) in [6.45, 7) is 7.15. The predicted molar refractivity (Wildman–Crippen MR) is 64.6 cm³/mol. The lowest BCUT2D eigenvalue weighted by Gasteiger charge is -2.29.